The molecule has 1 aliphatic carbocycles. The highest BCUT2D eigenvalue weighted by atomic mass is 35.5. The Morgan fingerprint density at radius 1 is 1.30 bits per heavy atom. The molecule has 0 bridgehead atoms. The molecule has 0 amide bonds. The number of hydrogen-bond acceptors (Lipinski definition) is 2. The molecule has 2 nitrogen and oxygen atoms in total. The molecule has 1 aromatic carbocycles. The molecule has 112 valence electrons. The van der Waals surface area contributed by atoms with E-state index in [4.69, 9.17) is 17.3 Å². The van der Waals surface area contributed by atoms with Crippen molar-refractivity contribution in [2.24, 2.45) is 5.73 Å². The molecule has 3 heteroatoms. The first-order valence-corrected chi connectivity index (χ1v) is 8.30. The van der Waals surface area contributed by atoms with Crippen LogP contribution in [0.25, 0.3) is 0 Å². The van der Waals surface area contributed by atoms with Crippen LogP contribution in [0.4, 0.5) is 5.69 Å². The van der Waals surface area contributed by atoms with Crippen LogP contribution in [0.15, 0.2) is 18.2 Å². The molecule has 0 heterocycles. The van der Waals surface area contributed by atoms with Crippen LogP contribution in [-0.4, -0.2) is 18.6 Å². The highest BCUT2D eigenvalue weighted by molar-refractivity contribution is 6.30. The van der Waals surface area contributed by atoms with Crippen LogP contribution in [0.5, 0.6) is 0 Å². The topological polar surface area (TPSA) is 29.3 Å². The Hall–Kier alpha value is -0.730. The molecular formula is C17H27ClN2. The van der Waals surface area contributed by atoms with Gasteiger partial charge in [0.25, 0.3) is 0 Å². The fraction of sp³-hybridized carbons (Fsp3) is 0.647. The molecule has 0 radical (unpaired) electrons. The zero-order valence-corrected chi connectivity index (χ0v) is 13.5. The third kappa shape index (κ3) is 3.89. The third-order valence-electron chi connectivity index (χ3n) is 4.25. The Bertz CT molecular complexity index is 425. The summed E-state index contributed by atoms with van der Waals surface area (Å²) in [6, 6.07) is 7.10. The molecular weight excluding hydrogens is 268 g/mol. The van der Waals surface area contributed by atoms with E-state index in [0.29, 0.717) is 6.04 Å². The minimum atomic E-state index is 0.181. The third-order valence-corrected chi connectivity index (χ3v) is 4.49. The number of nitrogens with two attached hydrogens (primary N) is 1. The summed E-state index contributed by atoms with van der Waals surface area (Å²) < 4.78 is 0. The van der Waals surface area contributed by atoms with E-state index in [2.05, 4.69) is 30.9 Å². The van der Waals surface area contributed by atoms with E-state index in [1.807, 2.05) is 6.07 Å². The predicted molar refractivity (Wildman–Crippen MR) is 88.7 cm³/mol. The van der Waals surface area contributed by atoms with Gasteiger partial charge in [-0.2, -0.15) is 0 Å². The van der Waals surface area contributed by atoms with Crippen molar-refractivity contribution in [3.05, 3.63) is 28.8 Å². The van der Waals surface area contributed by atoms with Crippen LogP contribution in [0, 0.1) is 0 Å². The second kappa shape index (κ2) is 7.33. The number of nitrogens with zero attached hydrogens (tertiary/aromatic N) is 1. The second-order valence-corrected chi connectivity index (χ2v) is 6.47. The largest absolute Gasteiger partial charge is 0.369 e. The lowest BCUT2D eigenvalue weighted by Gasteiger charge is -2.37. The van der Waals surface area contributed by atoms with E-state index in [0.717, 1.165) is 18.0 Å². The van der Waals surface area contributed by atoms with E-state index < -0.39 is 0 Å². The lowest BCUT2D eigenvalue weighted by molar-refractivity contribution is 0.417. The molecule has 2 N–H and O–H groups in total. The maximum atomic E-state index is 6.24. The van der Waals surface area contributed by atoms with Gasteiger partial charge in [0.05, 0.1) is 0 Å². The number of rotatable bonds is 5. The smallest absolute Gasteiger partial charge is 0.0426 e. The van der Waals surface area contributed by atoms with E-state index in [1.54, 1.807) is 0 Å². The molecule has 1 aliphatic rings. The van der Waals surface area contributed by atoms with Gasteiger partial charge in [0.15, 0.2) is 0 Å². The van der Waals surface area contributed by atoms with Gasteiger partial charge in [0, 0.05) is 29.3 Å². The van der Waals surface area contributed by atoms with Gasteiger partial charge >= 0.3 is 0 Å². The zero-order valence-electron chi connectivity index (χ0n) is 12.7. The summed E-state index contributed by atoms with van der Waals surface area (Å²) in [6.45, 7) is 5.34. The van der Waals surface area contributed by atoms with Gasteiger partial charge in [0.2, 0.25) is 0 Å². The minimum absolute atomic E-state index is 0.181. The van der Waals surface area contributed by atoms with Crippen LogP contribution < -0.4 is 10.6 Å². The number of benzene rings is 1. The number of anilines is 1. The fourth-order valence-corrected chi connectivity index (χ4v) is 3.51. The van der Waals surface area contributed by atoms with Crippen LogP contribution in [0.1, 0.15) is 51.5 Å². The average molecular weight is 295 g/mol. The average Bonchev–Trinajstić information content (AvgIpc) is 2.43. The first kappa shape index (κ1) is 15.7. The van der Waals surface area contributed by atoms with E-state index in [9.17, 15) is 0 Å². The van der Waals surface area contributed by atoms with Crippen LogP contribution in [-0.2, 0) is 6.42 Å². The van der Waals surface area contributed by atoms with E-state index in [-0.39, 0.29) is 6.04 Å². The Morgan fingerprint density at radius 2 is 2.00 bits per heavy atom. The van der Waals surface area contributed by atoms with E-state index in [1.165, 1.54) is 43.4 Å². The van der Waals surface area contributed by atoms with Crippen molar-refractivity contribution in [2.75, 3.05) is 11.4 Å². The maximum Gasteiger partial charge on any atom is 0.0426 e. The van der Waals surface area contributed by atoms with E-state index >= 15 is 0 Å². The molecule has 1 atom stereocenters. The summed E-state index contributed by atoms with van der Waals surface area (Å²) in [5.41, 5.74) is 8.63. The fourth-order valence-electron chi connectivity index (χ4n) is 3.34. The number of halogens is 1. The van der Waals surface area contributed by atoms with Crippen molar-refractivity contribution in [3.8, 4) is 0 Å². The van der Waals surface area contributed by atoms with Crippen molar-refractivity contribution in [2.45, 2.75) is 64.5 Å². The molecule has 2 rings (SSSR count). The van der Waals surface area contributed by atoms with Gasteiger partial charge in [0.1, 0.15) is 0 Å². The first-order valence-electron chi connectivity index (χ1n) is 7.92. The van der Waals surface area contributed by atoms with Gasteiger partial charge in [-0.15, -0.1) is 0 Å². The quantitative estimate of drug-likeness (QED) is 0.873. The van der Waals surface area contributed by atoms with Gasteiger partial charge in [-0.05, 0) is 50.8 Å². The lowest BCUT2D eigenvalue weighted by Crippen LogP contribution is -2.37. The highest BCUT2D eigenvalue weighted by Crippen LogP contribution is 2.32. The van der Waals surface area contributed by atoms with Crippen LogP contribution in [0.2, 0.25) is 5.02 Å². The Balaban J connectivity index is 2.28. The number of hydrogen-bond donors (Lipinski definition) is 1. The second-order valence-electron chi connectivity index (χ2n) is 6.03. The SMILES string of the molecule is CCN(c1cc(Cl)ccc1CC(C)N)C1CCCCC1. The van der Waals surface area contributed by atoms with Crippen LogP contribution >= 0.6 is 11.6 Å². The highest BCUT2D eigenvalue weighted by Gasteiger charge is 2.22. The molecule has 0 aliphatic heterocycles. The molecule has 1 aromatic rings. The minimum Gasteiger partial charge on any atom is -0.369 e. The summed E-state index contributed by atoms with van der Waals surface area (Å²) in [5.74, 6) is 0. The molecule has 1 fully saturated rings. The van der Waals surface area contributed by atoms with Crippen molar-refractivity contribution >= 4 is 17.3 Å². The van der Waals surface area contributed by atoms with Crippen molar-refractivity contribution in [3.63, 3.8) is 0 Å². The van der Waals surface area contributed by atoms with Gasteiger partial charge < -0.3 is 10.6 Å². The van der Waals surface area contributed by atoms with Crippen molar-refractivity contribution in [1.29, 1.82) is 0 Å². The molecule has 0 saturated heterocycles. The van der Waals surface area contributed by atoms with Gasteiger partial charge in [-0.1, -0.05) is 36.9 Å². The van der Waals surface area contributed by atoms with Gasteiger partial charge in [-0.25, -0.2) is 0 Å². The standard InChI is InChI=1S/C17H27ClN2/c1-3-20(16-7-5-4-6-8-16)17-12-15(18)10-9-14(17)11-13(2)19/h9-10,12-13,16H,3-8,11,19H2,1-2H3. The van der Waals surface area contributed by atoms with Crippen molar-refractivity contribution in [1.82, 2.24) is 0 Å². The predicted octanol–water partition coefficient (Wildman–Crippen LogP) is 4.39. The van der Waals surface area contributed by atoms with Crippen molar-refractivity contribution < 1.29 is 0 Å². The summed E-state index contributed by atoms with van der Waals surface area (Å²) in [7, 11) is 0. The Morgan fingerprint density at radius 3 is 2.60 bits per heavy atom. The van der Waals surface area contributed by atoms with Gasteiger partial charge in [-0.3, -0.25) is 0 Å². The summed E-state index contributed by atoms with van der Waals surface area (Å²) in [6.07, 6.45) is 7.61. The molecule has 0 spiro atoms. The summed E-state index contributed by atoms with van der Waals surface area (Å²) in [4.78, 5) is 2.54. The molecule has 20 heavy (non-hydrogen) atoms. The maximum absolute atomic E-state index is 6.24. The normalized spacial score (nSPS) is 18.0. The first-order chi connectivity index (χ1) is 9.61. The van der Waals surface area contributed by atoms with Crippen LogP contribution in [0.3, 0.4) is 0 Å². The summed E-state index contributed by atoms with van der Waals surface area (Å²) in [5, 5.41) is 0.822. The molecule has 1 saturated carbocycles. The monoisotopic (exact) mass is 294 g/mol. The Labute approximate surface area is 128 Å². The lowest BCUT2D eigenvalue weighted by atomic mass is 9.93. The molecule has 1 unspecified atom stereocenters. The Kier molecular flexibility index (Phi) is 5.74. The zero-order chi connectivity index (χ0) is 14.5. The summed E-state index contributed by atoms with van der Waals surface area (Å²) >= 11 is 6.24. The molecule has 0 aromatic heterocycles.